The average molecular weight is 502 g/mol. The summed E-state index contributed by atoms with van der Waals surface area (Å²) in [6, 6.07) is 11.2. The monoisotopic (exact) mass is 501 g/mol. The number of aliphatic hydroxyl groups excluding tert-OH is 1. The molecule has 0 radical (unpaired) electrons. The summed E-state index contributed by atoms with van der Waals surface area (Å²) < 4.78 is 6.28. The number of fused-ring (bicyclic) bond motifs is 1. The maximum Gasteiger partial charge on any atom is 0.273 e. The van der Waals surface area contributed by atoms with Crippen LogP contribution in [0.3, 0.4) is 0 Å². The van der Waals surface area contributed by atoms with Gasteiger partial charge in [-0.3, -0.25) is 14.6 Å². The van der Waals surface area contributed by atoms with Crippen LogP contribution >= 0.6 is 0 Å². The van der Waals surface area contributed by atoms with Gasteiger partial charge in [-0.25, -0.2) is 9.97 Å². The van der Waals surface area contributed by atoms with Gasteiger partial charge in [-0.2, -0.15) is 0 Å². The molecule has 0 saturated carbocycles. The van der Waals surface area contributed by atoms with Crippen molar-refractivity contribution in [2.24, 2.45) is 5.92 Å². The maximum absolute atomic E-state index is 13.6. The fourth-order valence-corrected chi connectivity index (χ4v) is 4.14. The van der Waals surface area contributed by atoms with Gasteiger partial charge in [0.1, 0.15) is 17.4 Å². The lowest BCUT2D eigenvalue weighted by molar-refractivity contribution is 0.0312. The molecule has 0 saturated heterocycles. The number of benzene rings is 1. The van der Waals surface area contributed by atoms with Crippen molar-refractivity contribution in [1.82, 2.24) is 24.8 Å². The van der Waals surface area contributed by atoms with Gasteiger partial charge in [-0.05, 0) is 24.1 Å². The standard InChI is InChI=1S/C28H31N5O4/c1-19-16-33(20(2)18-34)27(35)23-13-22(10-9-21-7-5-4-6-8-21)14-31-26(23)37-25(19)17-32(3)28(36)24-15-29-11-12-30-24/h4-15,19-20,25,34H,16-18H2,1-3H3/b10-9+/t19-,20+,25+/m0/s1. The number of hydrogen-bond donors (Lipinski definition) is 1. The number of aliphatic hydroxyl groups is 1. The van der Waals surface area contributed by atoms with Crippen molar-refractivity contribution in [3.05, 3.63) is 83.6 Å². The van der Waals surface area contributed by atoms with Crippen LogP contribution in [-0.4, -0.2) is 80.6 Å². The number of amides is 2. The SMILES string of the molecule is C[C@H](CO)N1C[C@H](C)[C@@H](CN(C)C(=O)c2cnccn2)Oc2ncc(/C=C/c3ccccc3)cc2C1=O. The third-order valence-electron chi connectivity index (χ3n) is 6.39. The van der Waals surface area contributed by atoms with Crippen molar-refractivity contribution >= 4 is 24.0 Å². The quantitative estimate of drug-likeness (QED) is 0.530. The molecule has 0 spiro atoms. The first-order valence-electron chi connectivity index (χ1n) is 12.2. The Labute approximate surface area is 216 Å². The predicted octanol–water partition coefficient (Wildman–Crippen LogP) is 3.03. The lowest BCUT2D eigenvalue weighted by atomic mass is 9.99. The Morgan fingerprint density at radius 2 is 1.95 bits per heavy atom. The smallest absolute Gasteiger partial charge is 0.273 e. The van der Waals surface area contributed by atoms with Crippen LogP contribution in [0.1, 0.15) is 45.8 Å². The molecule has 3 heterocycles. The number of rotatable bonds is 7. The van der Waals surface area contributed by atoms with Crippen molar-refractivity contribution in [2.75, 3.05) is 26.7 Å². The van der Waals surface area contributed by atoms with E-state index in [1.54, 1.807) is 31.1 Å². The van der Waals surface area contributed by atoms with Gasteiger partial charge in [0.05, 0.1) is 25.4 Å². The van der Waals surface area contributed by atoms with Crippen LogP contribution in [0.25, 0.3) is 12.2 Å². The Kier molecular flexibility index (Phi) is 8.25. The normalized spacial score (nSPS) is 18.5. The van der Waals surface area contributed by atoms with Gasteiger partial charge in [0.15, 0.2) is 0 Å². The van der Waals surface area contributed by atoms with Crippen molar-refractivity contribution in [3.8, 4) is 5.88 Å². The van der Waals surface area contributed by atoms with E-state index in [1.807, 2.05) is 49.4 Å². The fraction of sp³-hybridized carbons (Fsp3) is 0.321. The van der Waals surface area contributed by atoms with Gasteiger partial charge in [0, 0.05) is 38.1 Å². The molecule has 3 aromatic rings. The number of pyridine rings is 1. The molecule has 0 bridgehead atoms. The Hall–Kier alpha value is -4.11. The molecule has 1 aliphatic heterocycles. The fourth-order valence-electron chi connectivity index (χ4n) is 4.14. The van der Waals surface area contributed by atoms with Crippen molar-refractivity contribution in [1.29, 1.82) is 0 Å². The van der Waals surface area contributed by atoms with Gasteiger partial charge in [-0.1, -0.05) is 49.4 Å². The molecule has 2 amide bonds. The van der Waals surface area contributed by atoms with Gasteiger partial charge < -0.3 is 19.6 Å². The number of ether oxygens (including phenoxy) is 1. The summed E-state index contributed by atoms with van der Waals surface area (Å²) in [7, 11) is 1.68. The number of aromatic nitrogens is 3. The molecule has 37 heavy (non-hydrogen) atoms. The van der Waals surface area contributed by atoms with Gasteiger partial charge in [0.25, 0.3) is 11.8 Å². The molecule has 2 aromatic heterocycles. The highest BCUT2D eigenvalue weighted by molar-refractivity contribution is 5.97. The molecule has 192 valence electrons. The summed E-state index contributed by atoms with van der Waals surface area (Å²) in [4.78, 5) is 42.2. The second-order valence-electron chi connectivity index (χ2n) is 9.26. The first kappa shape index (κ1) is 26.0. The summed E-state index contributed by atoms with van der Waals surface area (Å²) in [6.45, 7) is 4.19. The van der Waals surface area contributed by atoms with Gasteiger partial charge >= 0.3 is 0 Å². The minimum atomic E-state index is -0.455. The molecule has 9 nitrogen and oxygen atoms in total. The molecule has 1 N–H and O–H groups in total. The Morgan fingerprint density at radius 3 is 2.65 bits per heavy atom. The van der Waals surface area contributed by atoms with Crippen LogP contribution in [0.5, 0.6) is 5.88 Å². The summed E-state index contributed by atoms with van der Waals surface area (Å²) in [5.41, 5.74) is 2.33. The van der Waals surface area contributed by atoms with Crippen molar-refractivity contribution in [3.63, 3.8) is 0 Å². The van der Waals surface area contributed by atoms with E-state index in [0.29, 0.717) is 12.1 Å². The second-order valence-corrected chi connectivity index (χ2v) is 9.26. The van der Waals surface area contributed by atoms with Crippen LogP contribution in [0.15, 0.2) is 61.2 Å². The Morgan fingerprint density at radius 1 is 1.19 bits per heavy atom. The summed E-state index contributed by atoms with van der Waals surface area (Å²) in [5.74, 6) is -0.484. The first-order chi connectivity index (χ1) is 17.9. The molecule has 0 unspecified atom stereocenters. The minimum absolute atomic E-state index is 0.150. The van der Waals surface area contributed by atoms with Crippen molar-refractivity contribution < 1.29 is 19.4 Å². The summed E-state index contributed by atoms with van der Waals surface area (Å²) >= 11 is 0. The Balaban J connectivity index is 1.64. The zero-order chi connectivity index (χ0) is 26.4. The molecule has 9 heteroatoms. The van der Waals surface area contributed by atoms with E-state index >= 15 is 0 Å². The number of carbonyl (C=O) groups is 2. The molecule has 0 aliphatic carbocycles. The predicted molar refractivity (Wildman–Crippen MR) is 140 cm³/mol. The van der Waals surface area contributed by atoms with Gasteiger partial charge in [-0.15, -0.1) is 0 Å². The molecule has 3 atom stereocenters. The van der Waals surface area contributed by atoms with E-state index in [0.717, 1.165) is 11.1 Å². The minimum Gasteiger partial charge on any atom is -0.472 e. The third kappa shape index (κ3) is 6.18. The second kappa shape index (κ2) is 11.7. The van der Waals surface area contributed by atoms with Crippen molar-refractivity contribution in [2.45, 2.75) is 26.0 Å². The van der Waals surface area contributed by atoms with Crippen LogP contribution in [-0.2, 0) is 0 Å². The number of nitrogens with zero attached hydrogens (tertiary/aromatic N) is 5. The maximum atomic E-state index is 13.6. The van der Waals surface area contributed by atoms with E-state index in [-0.39, 0.29) is 42.5 Å². The molecular formula is C28H31N5O4. The summed E-state index contributed by atoms with van der Waals surface area (Å²) in [5, 5.41) is 9.86. The van der Waals surface area contributed by atoms with E-state index in [9.17, 15) is 14.7 Å². The third-order valence-corrected chi connectivity index (χ3v) is 6.39. The zero-order valence-corrected chi connectivity index (χ0v) is 21.2. The molecule has 0 fully saturated rings. The molecular weight excluding hydrogens is 470 g/mol. The zero-order valence-electron chi connectivity index (χ0n) is 21.2. The van der Waals surface area contributed by atoms with E-state index < -0.39 is 12.1 Å². The van der Waals surface area contributed by atoms with Gasteiger partial charge in [0.2, 0.25) is 5.88 Å². The van der Waals surface area contributed by atoms with Crippen LogP contribution in [0.4, 0.5) is 0 Å². The number of carbonyl (C=O) groups excluding carboxylic acids is 2. The number of likely N-dealkylation sites (N-methyl/N-ethyl adjacent to an activating group) is 1. The average Bonchev–Trinajstić information content (AvgIpc) is 2.94. The molecule has 4 rings (SSSR count). The van der Waals surface area contributed by atoms with E-state index in [2.05, 4.69) is 15.0 Å². The highest BCUT2D eigenvalue weighted by atomic mass is 16.5. The highest BCUT2D eigenvalue weighted by Gasteiger charge is 2.34. The lowest BCUT2D eigenvalue weighted by Gasteiger charge is -2.37. The Bertz CT molecular complexity index is 1250. The highest BCUT2D eigenvalue weighted by Crippen LogP contribution is 2.28. The molecule has 1 aromatic carbocycles. The van der Waals surface area contributed by atoms with Crippen LogP contribution in [0.2, 0.25) is 0 Å². The van der Waals surface area contributed by atoms with Crippen LogP contribution < -0.4 is 4.74 Å². The first-order valence-corrected chi connectivity index (χ1v) is 12.2. The van der Waals surface area contributed by atoms with E-state index in [1.165, 1.54) is 23.5 Å². The van der Waals surface area contributed by atoms with Crippen LogP contribution in [0, 0.1) is 5.92 Å². The summed E-state index contributed by atoms with van der Waals surface area (Å²) in [6.07, 6.45) is 9.45. The molecule has 1 aliphatic rings. The topological polar surface area (TPSA) is 109 Å². The van der Waals surface area contributed by atoms with E-state index in [4.69, 9.17) is 4.74 Å². The number of hydrogen-bond acceptors (Lipinski definition) is 7. The largest absolute Gasteiger partial charge is 0.472 e. The lowest BCUT2D eigenvalue weighted by Crippen LogP contribution is -2.50.